The number of benzene rings is 1. The van der Waals surface area contributed by atoms with Crippen molar-refractivity contribution < 1.29 is 18.7 Å². The lowest BCUT2D eigenvalue weighted by molar-refractivity contribution is -0.107. The first-order valence-electron chi connectivity index (χ1n) is 4.57. The second-order valence-electron chi connectivity index (χ2n) is 2.98. The standard InChI is InChI=1S/C11H13FO3/c1-14-10-8(4-3-7-13)5-6-9(12)11(10)15-2/h5-7H,3-4H2,1-2H3. The highest BCUT2D eigenvalue weighted by molar-refractivity contribution is 5.53. The molecule has 0 heterocycles. The Kier molecular flexibility index (Phi) is 4.09. The van der Waals surface area contributed by atoms with E-state index in [2.05, 4.69) is 0 Å². The SMILES string of the molecule is COc1c(F)ccc(CCC=O)c1OC. The minimum Gasteiger partial charge on any atom is -0.492 e. The third-order valence-corrected chi connectivity index (χ3v) is 2.09. The van der Waals surface area contributed by atoms with Gasteiger partial charge in [0, 0.05) is 6.42 Å². The highest BCUT2D eigenvalue weighted by Gasteiger charge is 2.14. The number of carbonyl (C=O) groups is 1. The van der Waals surface area contributed by atoms with Gasteiger partial charge in [0.25, 0.3) is 0 Å². The monoisotopic (exact) mass is 212 g/mol. The van der Waals surface area contributed by atoms with Crippen LogP contribution < -0.4 is 9.47 Å². The van der Waals surface area contributed by atoms with E-state index >= 15 is 0 Å². The molecule has 0 aromatic heterocycles. The molecule has 4 heteroatoms. The van der Waals surface area contributed by atoms with Gasteiger partial charge < -0.3 is 14.3 Å². The number of halogens is 1. The first kappa shape index (κ1) is 11.5. The van der Waals surface area contributed by atoms with Gasteiger partial charge in [0.05, 0.1) is 14.2 Å². The van der Waals surface area contributed by atoms with E-state index in [0.717, 1.165) is 11.8 Å². The van der Waals surface area contributed by atoms with Crippen molar-refractivity contribution in [1.29, 1.82) is 0 Å². The summed E-state index contributed by atoms with van der Waals surface area (Å²) in [7, 11) is 2.83. The number of aldehydes is 1. The highest BCUT2D eigenvalue weighted by Crippen LogP contribution is 2.34. The third kappa shape index (κ3) is 2.46. The van der Waals surface area contributed by atoms with Gasteiger partial charge in [-0.25, -0.2) is 4.39 Å². The van der Waals surface area contributed by atoms with Gasteiger partial charge in [0.1, 0.15) is 6.29 Å². The fourth-order valence-electron chi connectivity index (χ4n) is 1.40. The Morgan fingerprint density at radius 3 is 2.47 bits per heavy atom. The Bertz CT molecular complexity index is 350. The summed E-state index contributed by atoms with van der Waals surface area (Å²) in [4.78, 5) is 10.3. The summed E-state index contributed by atoms with van der Waals surface area (Å²) in [6, 6.07) is 2.90. The molecule has 0 aliphatic heterocycles. The minimum absolute atomic E-state index is 0.0842. The van der Waals surface area contributed by atoms with Gasteiger partial charge in [-0.2, -0.15) is 0 Å². The maximum absolute atomic E-state index is 13.3. The molecule has 0 atom stereocenters. The summed E-state index contributed by atoms with van der Waals surface area (Å²) >= 11 is 0. The maximum atomic E-state index is 13.3. The first-order chi connectivity index (χ1) is 7.24. The van der Waals surface area contributed by atoms with Crippen molar-refractivity contribution in [2.24, 2.45) is 0 Å². The Labute approximate surface area is 87.8 Å². The number of rotatable bonds is 5. The molecule has 0 radical (unpaired) electrons. The Balaban J connectivity index is 3.10. The number of carbonyl (C=O) groups excluding carboxylic acids is 1. The van der Waals surface area contributed by atoms with Gasteiger partial charge in [0.2, 0.25) is 0 Å². The molecule has 3 nitrogen and oxygen atoms in total. The van der Waals surface area contributed by atoms with Crippen LogP contribution in [0.2, 0.25) is 0 Å². The molecule has 1 rings (SSSR count). The van der Waals surface area contributed by atoms with Crippen molar-refractivity contribution >= 4 is 6.29 Å². The zero-order chi connectivity index (χ0) is 11.3. The van der Waals surface area contributed by atoms with E-state index in [-0.39, 0.29) is 5.75 Å². The van der Waals surface area contributed by atoms with Crippen LogP contribution in [0, 0.1) is 5.82 Å². The molecule has 0 spiro atoms. The van der Waals surface area contributed by atoms with Crippen LogP contribution in [-0.4, -0.2) is 20.5 Å². The van der Waals surface area contributed by atoms with Crippen molar-refractivity contribution in [3.05, 3.63) is 23.5 Å². The van der Waals surface area contributed by atoms with Crippen LogP contribution in [0.25, 0.3) is 0 Å². The predicted octanol–water partition coefficient (Wildman–Crippen LogP) is 1.97. The zero-order valence-electron chi connectivity index (χ0n) is 8.75. The lowest BCUT2D eigenvalue weighted by Gasteiger charge is -2.12. The van der Waals surface area contributed by atoms with E-state index < -0.39 is 5.82 Å². The van der Waals surface area contributed by atoms with E-state index in [1.807, 2.05) is 0 Å². The molecular formula is C11H13FO3. The summed E-state index contributed by atoms with van der Waals surface area (Å²) in [5.41, 5.74) is 0.767. The van der Waals surface area contributed by atoms with Gasteiger partial charge in [-0.05, 0) is 18.1 Å². The van der Waals surface area contributed by atoms with Crippen LogP contribution in [0.1, 0.15) is 12.0 Å². The fraction of sp³-hybridized carbons (Fsp3) is 0.364. The van der Waals surface area contributed by atoms with E-state index in [9.17, 15) is 9.18 Å². The van der Waals surface area contributed by atoms with Crippen molar-refractivity contribution in [2.45, 2.75) is 12.8 Å². The summed E-state index contributed by atoms with van der Waals surface area (Å²) < 4.78 is 23.2. The molecule has 0 aliphatic carbocycles. The normalized spacial score (nSPS) is 9.80. The predicted molar refractivity (Wildman–Crippen MR) is 53.9 cm³/mol. The Morgan fingerprint density at radius 1 is 1.27 bits per heavy atom. The second kappa shape index (κ2) is 5.34. The molecule has 0 bridgehead atoms. The second-order valence-corrected chi connectivity index (χ2v) is 2.98. The maximum Gasteiger partial charge on any atom is 0.197 e. The summed E-state index contributed by atoms with van der Waals surface area (Å²) in [6.07, 6.45) is 1.71. The minimum atomic E-state index is -0.468. The topological polar surface area (TPSA) is 35.5 Å². The smallest absolute Gasteiger partial charge is 0.197 e. The number of methoxy groups -OCH3 is 2. The molecule has 0 N–H and O–H groups in total. The number of aryl methyl sites for hydroxylation is 1. The number of hydrogen-bond acceptors (Lipinski definition) is 3. The van der Waals surface area contributed by atoms with Crippen LogP contribution in [0.4, 0.5) is 4.39 Å². The van der Waals surface area contributed by atoms with E-state index in [0.29, 0.717) is 18.6 Å². The molecule has 0 unspecified atom stereocenters. The van der Waals surface area contributed by atoms with E-state index in [4.69, 9.17) is 9.47 Å². The molecule has 0 aliphatic rings. The lowest BCUT2D eigenvalue weighted by Crippen LogP contribution is -1.99. The number of ether oxygens (including phenoxy) is 2. The van der Waals surface area contributed by atoms with Crippen molar-refractivity contribution in [2.75, 3.05) is 14.2 Å². The fourth-order valence-corrected chi connectivity index (χ4v) is 1.40. The summed E-state index contributed by atoms with van der Waals surface area (Å²) in [5.74, 6) is -0.0237. The number of hydrogen-bond donors (Lipinski definition) is 0. The van der Waals surface area contributed by atoms with Gasteiger partial charge in [0.15, 0.2) is 17.3 Å². The van der Waals surface area contributed by atoms with E-state index in [1.165, 1.54) is 20.3 Å². The van der Waals surface area contributed by atoms with Crippen LogP contribution in [0.15, 0.2) is 12.1 Å². The van der Waals surface area contributed by atoms with E-state index in [1.54, 1.807) is 6.07 Å². The third-order valence-electron chi connectivity index (χ3n) is 2.09. The van der Waals surface area contributed by atoms with Gasteiger partial charge in [-0.15, -0.1) is 0 Å². The van der Waals surface area contributed by atoms with Gasteiger partial charge >= 0.3 is 0 Å². The Morgan fingerprint density at radius 2 is 1.93 bits per heavy atom. The molecule has 0 saturated carbocycles. The molecule has 0 amide bonds. The molecular weight excluding hydrogens is 199 g/mol. The quantitative estimate of drug-likeness (QED) is 0.700. The van der Waals surface area contributed by atoms with Crippen molar-refractivity contribution in [3.8, 4) is 11.5 Å². The average Bonchev–Trinajstić information content (AvgIpc) is 2.26. The molecule has 0 saturated heterocycles. The summed E-state index contributed by atoms with van der Waals surface area (Å²) in [5, 5.41) is 0. The van der Waals surface area contributed by atoms with Crippen LogP contribution in [0.5, 0.6) is 11.5 Å². The van der Waals surface area contributed by atoms with Crippen molar-refractivity contribution in [1.82, 2.24) is 0 Å². The first-order valence-corrected chi connectivity index (χ1v) is 4.57. The molecule has 0 fully saturated rings. The van der Waals surface area contributed by atoms with Crippen LogP contribution >= 0.6 is 0 Å². The zero-order valence-corrected chi connectivity index (χ0v) is 8.75. The summed E-state index contributed by atoms with van der Waals surface area (Å²) in [6.45, 7) is 0. The molecule has 15 heavy (non-hydrogen) atoms. The van der Waals surface area contributed by atoms with Crippen LogP contribution in [-0.2, 0) is 11.2 Å². The molecule has 82 valence electrons. The average molecular weight is 212 g/mol. The lowest BCUT2D eigenvalue weighted by atomic mass is 10.1. The Hall–Kier alpha value is -1.58. The van der Waals surface area contributed by atoms with Gasteiger partial charge in [-0.1, -0.05) is 6.07 Å². The van der Waals surface area contributed by atoms with Gasteiger partial charge in [-0.3, -0.25) is 0 Å². The molecule has 1 aromatic rings. The van der Waals surface area contributed by atoms with Crippen molar-refractivity contribution in [3.63, 3.8) is 0 Å². The van der Waals surface area contributed by atoms with Crippen LogP contribution in [0.3, 0.4) is 0 Å². The largest absolute Gasteiger partial charge is 0.492 e. The molecule has 1 aromatic carbocycles. The highest BCUT2D eigenvalue weighted by atomic mass is 19.1.